The molecule has 1 amide bonds. The summed E-state index contributed by atoms with van der Waals surface area (Å²) >= 11 is 3.35. The Morgan fingerprint density at radius 1 is 1.40 bits per heavy atom. The number of methoxy groups -OCH3 is 1. The van der Waals surface area contributed by atoms with Gasteiger partial charge in [0, 0.05) is 17.6 Å². The van der Waals surface area contributed by atoms with Gasteiger partial charge >= 0.3 is 5.97 Å². The predicted molar refractivity (Wildman–Crippen MR) is 76.9 cm³/mol. The first-order chi connectivity index (χ1) is 9.43. The highest BCUT2D eigenvalue weighted by atomic mass is 79.9. The van der Waals surface area contributed by atoms with Crippen LogP contribution in [0.15, 0.2) is 22.7 Å². The average molecular weight is 342 g/mol. The van der Waals surface area contributed by atoms with E-state index >= 15 is 0 Å². The van der Waals surface area contributed by atoms with Crippen molar-refractivity contribution < 1.29 is 19.4 Å². The summed E-state index contributed by atoms with van der Waals surface area (Å²) < 4.78 is 5.79. The fourth-order valence-corrected chi connectivity index (χ4v) is 2.84. The lowest BCUT2D eigenvalue weighted by Gasteiger charge is -2.17. The summed E-state index contributed by atoms with van der Waals surface area (Å²) in [6.07, 6.45) is 0. The van der Waals surface area contributed by atoms with Gasteiger partial charge in [0.25, 0.3) is 5.91 Å². The molecule has 5 nitrogen and oxygen atoms in total. The molecule has 0 spiro atoms. The number of carboxylic acids is 1. The molecule has 2 unspecified atom stereocenters. The molecule has 1 aromatic rings. The zero-order valence-corrected chi connectivity index (χ0v) is 12.9. The van der Waals surface area contributed by atoms with E-state index < -0.39 is 11.9 Å². The van der Waals surface area contributed by atoms with Crippen LogP contribution in [0, 0.1) is 11.8 Å². The van der Waals surface area contributed by atoms with E-state index in [0.29, 0.717) is 22.3 Å². The zero-order valence-electron chi connectivity index (χ0n) is 11.3. The van der Waals surface area contributed by atoms with Crippen LogP contribution in [0.1, 0.15) is 17.3 Å². The molecular formula is C14H16BrNO4. The summed E-state index contributed by atoms with van der Waals surface area (Å²) in [5, 5.41) is 9.12. The number of benzene rings is 1. The Balaban J connectivity index is 2.22. The third-order valence-electron chi connectivity index (χ3n) is 3.62. The van der Waals surface area contributed by atoms with Gasteiger partial charge in [0.1, 0.15) is 5.75 Å². The van der Waals surface area contributed by atoms with Crippen LogP contribution in [-0.4, -0.2) is 42.1 Å². The van der Waals surface area contributed by atoms with Gasteiger partial charge in [-0.05, 0) is 40.0 Å². The Bertz CT molecular complexity index is 546. The topological polar surface area (TPSA) is 66.8 Å². The number of hydrogen-bond donors (Lipinski definition) is 1. The molecule has 0 bridgehead atoms. The van der Waals surface area contributed by atoms with E-state index in [9.17, 15) is 9.59 Å². The molecule has 0 aromatic heterocycles. The van der Waals surface area contributed by atoms with Crippen LogP contribution in [0.3, 0.4) is 0 Å². The van der Waals surface area contributed by atoms with E-state index in [1.54, 1.807) is 23.1 Å². The van der Waals surface area contributed by atoms with E-state index in [1.165, 1.54) is 7.11 Å². The van der Waals surface area contributed by atoms with Crippen molar-refractivity contribution in [3.8, 4) is 5.75 Å². The maximum absolute atomic E-state index is 12.5. The first kappa shape index (κ1) is 14.8. The van der Waals surface area contributed by atoms with Crippen molar-refractivity contribution in [3.05, 3.63) is 28.2 Å². The van der Waals surface area contributed by atoms with Gasteiger partial charge in [-0.25, -0.2) is 0 Å². The van der Waals surface area contributed by atoms with Crippen LogP contribution < -0.4 is 4.74 Å². The van der Waals surface area contributed by atoms with Crippen molar-refractivity contribution in [1.29, 1.82) is 0 Å². The van der Waals surface area contributed by atoms with E-state index in [2.05, 4.69) is 15.9 Å². The molecule has 20 heavy (non-hydrogen) atoms. The van der Waals surface area contributed by atoms with Crippen LogP contribution in [0.4, 0.5) is 0 Å². The minimum absolute atomic E-state index is 0.0409. The third-order valence-corrected chi connectivity index (χ3v) is 4.31. The third kappa shape index (κ3) is 2.80. The number of amides is 1. The van der Waals surface area contributed by atoms with Gasteiger partial charge in [0.15, 0.2) is 0 Å². The number of rotatable bonds is 3. The molecule has 1 N–H and O–H groups in total. The summed E-state index contributed by atoms with van der Waals surface area (Å²) in [7, 11) is 1.54. The highest BCUT2D eigenvalue weighted by Gasteiger charge is 2.37. The molecule has 1 fully saturated rings. The number of carboxylic acid groups (broad SMARTS) is 1. The van der Waals surface area contributed by atoms with Crippen LogP contribution in [-0.2, 0) is 4.79 Å². The summed E-state index contributed by atoms with van der Waals surface area (Å²) in [5.41, 5.74) is 0.489. The fraction of sp³-hybridized carbons (Fsp3) is 0.429. The van der Waals surface area contributed by atoms with Gasteiger partial charge in [-0.15, -0.1) is 0 Å². The molecule has 1 aromatic carbocycles. The molecule has 2 rings (SSSR count). The second-order valence-corrected chi connectivity index (χ2v) is 5.83. The Morgan fingerprint density at radius 2 is 2.10 bits per heavy atom. The SMILES string of the molecule is COc1ccc(Br)c(C(=O)N2CC(C)C(C(=O)O)C2)c1. The molecule has 0 saturated carbocycles. The molecular weight excluding hydrogens is 326 g/mol. The van der Waals surface area contributed by atoms with Crippen molar-refractivity contribution >= 4 is 27.8 Å². The largest absolute Gasteiger partial charge is 0.497 e. The number of aliphatic carboxylic acids is 1. The Hall–Kier alpha value is -1.56. The van der Waals surface area contributed by atoms with E-state index in [1.807, 2.05) is 6.92 Å². The molecule has 6 heteroatoms. The fourth-order valence-electron chi connectivity index (χ4n) is 2.42. The molecule has 2 atom stereocenters. The van der Waals surface area contributed by atoms with Crippen molar-refractivity contribution in [2.45, 2.75) is 6.92 Å². The number of carbonyl (C=O) groups is 2. The van der Waals surface area contributed by atoms with Gasteiger partial charge < -0.3 is 14.7 Å². The molecule has 1 saturated heterocycles. The number of likely N-dealkylation sites (tertiary alicyclic amines) is 1. The van der Waals surface area contributed by atoms with Crippen LogP contribution >= 0.6 is 15.9 Å². The normalized spacial score (nSPS) is 21.9. The van der Waals surface area contributed by atoms with E-state index in [4.69, 9.17) is 9.84 Å². The summed E-state index contributed by atoms with van der Waals surface area (Å²) in [4.78, 5) is 25.2. The van der Waals surface area contributed by atoms with Crippen molar-refractivity contribution in [2.24, 2.45) is 11.8 Å². The number of halogens is 1. The zero-order chi connectivity index (χ0) is 14.9. The van der Waals surface area contributed by atoms with Gasteiger partial charge in [-0.1, -0.05) is 6.92 Å². The van der Waals surface area contributed by atoms with Crippen LogP contribution in [0.2, 0.25) is 0 Å². The quantitative estimate of drug-likeness (QED) is 0.915. The second kappa shape index (κ2) is 5.83. The number of carbonyl (C=O) groups excluding carboxylic acids is 1. The number of hydrogen-bond acceptors (Lipinski definition) is 3. The minimum atomic E-state index is -0.850. The minimum Gasteiger partial charge on any atom is -0.497 e. The van der Waals surface area contributed by atoms with Gasteiger partial charge in [0.2, 0.25) is 0 Å². The van der Waals surface area contributed by atoms with Crippen molar-refractivity contribution in [1.82, 2.24) is 4.90 Å². The lowest BCUT2D eigenvalue weighted by Crippen LogP contribution is -2.30. The van der Waals surface area contributed by atoms with Gasteiger partial charge in [-0.2, -0.15) is 0 Å². The first-order valence-corrected chi connectivity index (χ1v) is 7.09. The lowest BCUT2D eigenvalue weighted by atomic mass is 9.99. The molecule has 1 heterocycles. The van der Waals surface area contributed by atoms with Crippen LogP contribution in [0.25, 0.3) is 0 Å². The average Bonchev–Trinajstić information content (AvgIpc) is 2.81. The summed E-state index contributed by atoms with van der Waals surface area (Å²) in [6, 6.07) is 5.17. The van der Waals surface area contributed by atoms with Crippen molar-refractivity contribution in [2.75, 3.05) is 20.2 Å². The summed E-state index contributed by atoms with van der Waals surface area (Å²) in [5.74, 6) is -0.966. The molecule has 1 aliphatic heterocycles. The number of ether oxygens (including phenoxy) is 1. The predicted octanol–water partition coefficient (Wildman–Crippen LogP) is 2.25. The van der Waals surface area contributed by atoms with Crippen LogP contribution in [0.5, 0.6) is 5.75 Å². The van der Waals surface area contributed by atoms with E-state index in [-0.39, 0.29) is 18.4 Å². The maximum Gasteiger partial charge on any atom is 0.308 e. The standard InChI is InChI=1S/C14H16BrNO4/c1-8-6-16(7-11(8)14(18)19)13(17)10-5-9(20-2)3-4-12(10)15/h3-5,8,11H,6-7H2,1-2H3,(H,18,19). The molecule has 0 aliphatic carbocycles. The molecule has 108 valence electrons. The first-order valence-electron chi connectivity index (χ1n) is 6.29. The molecule has 1 aliphatic rings. The summed E-state index contributed by atoms with van der Waals surface area (Å²) in [6.45, 7) is 2.56. The van der Waals surface area contributed by atoms with Crippen molar-refractivity contribution in [3.63, 3.8) is 0 Å². The highest BCUT2D eigenvalue weighted by Crippen LogP contribution is 2.28. The Morgan fingerprint density at radius 3 is 2.65 bits per heavy atom. The Labute approximate surface area is 125 Å². The highest BCUT2D eigenvalue weighted by molar-refractivity contribution is 9.10. The second-order valence-electron chi connectivity index (χ2n) is 4.98. The monoisotopic (exact) mass is 341 g/mol. The maximum atomic E-state index is 12.5. The lowest BCUT2D eigenvalue weighted by molar-refractivity contribution is -0.142. The van der Waals surface area contributed by atoms with Gasteiger partial charge in [-0.3, -0.25) is 9.59 Å². The number of nitrogens with zero attached hydrogens (tertiary/aromatic N) is 1. The Kier molecular flexibility index (Phi) is 4.32. The van der Waals surface area contributed by atoms with E-state index in [0.717, 1.165) is 0 Å². The van der Waals surface area contributed by atoms with Gasteiger partial charge in [0.05, 0.1) is 18.6 Å². The molecule has 0 radical (unpaired) electrons. The smallest absolute Gasteiger partial charge is 0.308 e.